The minimum absolute atomic E-state index is 0.103. The van der Waals surface area contributed by atoms with Crippen molar-refractivity contribution in [2.75, 3.05) is 17.1 Å². The molecular formula is C30H36ClN3O4S. The Balaban J connectivity index is 2.07. The average molecular weight is 570 g/mol. The fourth-order valence-corrected chi connectivity index (χ4v) is 5.38. The zero-order valence-electron chi connectivity index (χ0n) is 22.8. The molecule has 0 aliphatic rings. The van der Waals surface area contributed by atoms with Gasteiger partial charge >= 0.3 is 0 Å². The molecule has 0 aliphatic heterocycles. The molecule has 7 nitrogen and oxygen atoms in total. The number of carbonyl (C=O) groups excluding carboxylic acids is 2. The van der Waals surface area contributed by atoms with Gasteiger partial charge in [-0.15, -0.1) is 0 Å². The number of hydrogen-bond donors (Lipinski definition) is 1. The van der Waals surface area contributed by atoms with Crippen LogP contribution in [0.25, 0.3) is 0 Å². The fourth-order valence-electron chi connectivity index (χ4n) is 4.37. The fraction of sp³-hybridized carbons (Fsp3) is 0.333. The molecule has 2 amide bonds. The highest BCUT2D eigenvalue weighted by Crippen LogP contribution is 2.25. The van der Waals surface area contributed by atoms with Gasteiger partial charge in [0.1, 0.15) is 12.6 Å². The van der Waals surface area contributed by atoms with E-state index in [9.17, 15) is 18.0 Å². The molecule has 0 bridgehead atoms. The number of aryl methyl sites for hydroxylation is 1. The standard InChI is InChI=1S/C30H36ClN3O4S/c1-5-25-13-9-10-14-27(25)34(39(4,37)38)21-29(35)33(20-24-15-17-26(31)18-16-24)28(30(36)32-22(2)3)19-23-11-7-6-8-12-23/h6-18,22,28H,5,19-21H2,1-4H3,(H,32,36). The second-order valence-electron chi connectivity index (χ2n) is 9.77. The zero-order valence-corrected chi connectivity index (χ0v) is 24.4. The van der Waals surface area contributed by atoms with Crippen molar-refractivity contribution in [3.63, 3.8) is 0 Å². The van der Waals surface area contributed by atoms with E-state index in [1.165, 1.54) is 4.90 Å². The third kappa shape index (κ3) is 8.57. The van der Waals surface area contributed by atoms with Crippen LogP contribution in [0, 0.1) is 0 Å². The summed E-state index contributed by atoms with van der Waals surface area (Å²) in [7, 11) is -3.81. The number of sulfonamides is 1. The predicted molar refractivity (Wildman–Crippen MR) is 157 cm³/mol. The molecule has 208 valence electrons. The first kappa shape index (κ1) is 30.2. The molecule has 3 rings (SSSR count). The van der Waals surface area contributed by atoms with Crippen LogP contribution in [0.1, 0.15) is 37.5 Å². The molecule has 0 aromatic heterocycles. The van der Waals surface area contributed by atoms with Crippen LogP contribution in [-0.4, -0.2) is 50.0 Å². The molecule has 9 heteroatoms. The molecule has 39 heavy (non-hydrogen) atoms. The van der Waals surface area contributed by atoms with Crippen LogP contribution >= 0.6 is 11.6 Å². The number of anilines is 1. The number of para-hydroxylation sites is 1. The minimum atomic E-state index is -3.81. The van der Waals surface area contributed by atoms with Crippen LogP contribution < -0.4 is 9.62 Å². The van der Waals surface area contributed by atoms with E-state index in [1.807, 2.05) is 63.2 Å². The summed E-state index contributed by atoms with van der Waals surface area (Å²) < 4.78 is 27.0. The molecule has 0 spiro atoms. The van der Waals surface area contributed by atoms with Gasteiger partial charge in [-0.25, -0.2) is 8.42 Å². The van der Waals surface area contributed by atoms with E-state index in [-0.39, 0.29) is 24.9 Å². The lowest BCUT2D eigenvalue weighted by Gasteiger charge is -2.34. The minimum Gasteiger partial charge on any atom is -0.352 e. The summed E-state index contributed by atoms with van der Waals surface area (Å²) in [6.45, 7) is 5.31. The van der Waals surface area contributed by atoms with Crippen molar-refractivity contribution in [2.45, 2.75) is 52.2 Å². The van der Waals surface area contributed by atoms with Crippen LogP contribution in [0.4, 0.5) is 5.69 Å². The summed E-state index contributed by atoms with van der Waals surface area (Å²) >= 11 is 6.09. The van der Waals surface area contributed by atoms with Gasteiger partial charge in [0.25, 0.3) is 0 Å². The highest BCUT2D eigenvalue weighted by Gasteiger charge is 2.33. The maximum absolute atomic E-state index is 14.1. The molecule has 0 fully saturated rings. The second-order valence-corrected chi connectivity index (χ2v) is 12.1. The zero-order chi connectivity index (χ0) is 28.6. The van der Waals surface area contributed by atoms with Crippen LogP contribution in [-0.2, 0) is 39.0 Å². The Morgan fingerprint density at radius 2 is 1.51 bits per heavy atom. The topological polar surface area (TPSA) is 86.8 Å². The first-order valence-corrected chi connectivity index (χ1v) is 15.2. The van der Waals surface area contributed by atoms with E-state index in [2.05, 4.69) is 5.32 Å². The third-order valence-electron chi connectivity index (χ3n) is 6.29. The number of amides is 2. The number of nitrogens with one attached hydrogen (secondary N) is 1. The first-order valence-electron chi connectivity index (χ1n) is 12.9. The van der Waals surface area contributed by atoms with Crippen LogP contribution in [0.3, 0.4) is 0 Å². The lowest BCUT2D eigenvalue weighted by molar-refractivity contribution is -0.140. The number of carbonyl (C=O) groups is 2. The monoisotopic (exact) mass is 569 g/mol. The smallest absolute Gasteiger partial charge is 0.244 e. The van der Waals surface area contributed by atoms with E-state index in [1.54, 1.807) is 36.4 Å². The van der Waals surface area contributed by atoms with E-state index in [0.717, 1.165) is 27.3 Å². The lowest BCUT2D eigenvalue weighted by atomic mass is 10.0. The van der Waals surface area contributed by atoms with Gasteiger partial charge in [-0.05, 0) is 55.2 Å². The molecule has 3 aromatic rings. The van der Waals surface area contributed by atoms with Crippen molar-refractivity contribution in [2.24, 2.45) is 0 Å². The van der Waals surface area contributed by atoms with Crippen molar-refractivity contribution in [1.29, 1.82) is 0 Å². The van der Waals surface area contributed by atoms with Crippen molar-refractivity contribution < 1.29 is 18.0 Å². The Hall–Kier alpha value is -3.36. The molecule has 1 N–H and O–H groups in total. The molecule has 0 saturated heterocycles. The van der Waals surface area contributed by atoms with Gasteiger partial charge < -0.3 is 10.2 Å². The van der Waals surface area contributed by atoms with E-state index >= 15 is 0 Å². The maximum Gasteiger partial charge on any atom is 0.244 e. The van der Waals surface area contributed by atoms with Gasteiger partial charge in [-0.1, -0.05) is 79.2 Å². The van der Waals surface area contributed by atoms with Gasteiger partial charge in [-0.3, -0.25) is 13.9 Å². The Labute approximate surface area is 236 Å². The summed E-state index contributed by atoms with van der Waals surface area (Å²) in [5.41, 5.74) is 2.90. The lowest BCUT2D eigenvalue weighted by Crippen LogP contribution is -2.54. The van der Waals surface area contributed by atoms with Gasteiger partial charge in [0.2, 0.25) is 21.8 Å². The van der Waals surface area contributed by atoms with Crippen molar-refractivity contribution in [3.05, 3.63) is 101 Å². The second kappa shape index (κ2) is 13.6. The van der Waals surface area contributed by atoms with E-state index in [0.29, 0.717) is 17.1 Å². The number of nitrogens with zero attached hydrogens (tertiary/aromatic N) is 2. The van der Waals surface area contributed by atoms with Crippen molar-refractivity contribution in [3.8, 4) is 0 Å². The maximum atomic E-state index is 14.1. The Morgan fingerprint density at radius 3 is 2.10 bits per heavy atom. The van der Waals surface area contributed by atoms with Crippen molar-refractivity contribution in [1.82, 2.24) is 10.2 Å². The molecule has 0 radical (unpaired) electrons. The van der Waals surface area contributed by atoms with Crippen LogP contribution in [0.15, 0.2) is 78.9 Å². The largest absolute Gasteiger partial charge is 0.352 e. The first-order chi connectivity index (χ1) is 18.5. The Morgan fingerprint density at radius 1 is 0.897 bits per heavy atom. The normalized spacial score (nSPS) is 12.2. The summed E-state index contributed by atoms with van der Waals surface area (Å²) in [4.78, 5) is 29.1. The highest BCUT2D eigenvalue weighted by atomic mass is 35.5. The van der Waals surface area contributed by atoms with Gasteiger partial charge in [0, 0.05) is 24.0 Å². The molecular weight excluding hydrogens is 534 g/mol. The molecule has 0 heterocycles. The Kier molecular flexibility index (Phi) is 10.5. The quantitative estimate of drug-likeness (QED) is 0.338. The molecule has 0 saturated carbocycles. The summed E-state index contributed by atoms with van der Waals surface area (Å²) in [6, 6.07) is 22.6. The number of halogens is 1. The Bertz CT molecular complexity index is 1360. The molecule has 1 atom stereocenters. The summed E-state index contributed by atoms with van der Waals surface area (Å²) in [5, 5.41) is 3.49. The van der Waals surface area contributed by atoms with Crippen molar-refractivity contribution >= 4 is 39.1 Å². The average Bonchev–Trinajstić information content (AvgIpc) is 2.89. The van der Waals surface area contributed by atoms with Crippen LogP contribution in [0.2, 0.25) is 5.02 Å². The van der Waals surface area contributed by atoms with Crippen LogP contribution in [0.5, 0.6) is 0 Å². The summed E-state index contributed by atoms with van der Waals surface area (Å²) in [6.07, 6.45) is 1.95. The summed E-state index contributed by atoms with van der Waals surface area (Å²) in [5.74, 6) is -0.794. The SMILES string of the molecule is CCc1ccccc1N(CC(=O)N(Cc1ccc(Cl)cc1)C(Cc1ccccc1)C(=O)NC(C)C)S(C)(=O)=O. The van der Waals surface area contributed by atoms with E-state index in [4.69, 9.17) is 11.6 Å². The van der Waals surface area contributed by atoms with Gasteiger partial charge in [0.05, 0.1) is 11.9 Å². The van der Waals surface area contributed by atoms with Gasteiger partial charge in [0.15, 0.2) is 0 Å². The third-order valence-corrected chi connectivity index (χ3v) is 7.67. The molecule has 1 unspecified atom stereocenters. The van der Waals surface area contributed by atoms with E-state index < -0.39 is 28.5 Å². The number of benzene rings is 3. The molecule has 0 aliphatic carbocycles. The number of rotatable bonds is 12. The van der Waals surface area contributed by atoms with Gasteiger partial charge in [-0.2, -0.15) is 0 Å². The highest BCUT2D eigenvalue weighted by molar-refractivity contribution is 7.92. The predicted octanol–water partition coefficient (Wildman–Crippen LogP) is 4.83. The molecule has 3 aromatic carbocycles. The number of hydrogen-bond acceptors (Lipinski definition) is 4.